The smallest absolute Gasteiger partial charge is 0.332 e. The van der Waals surface area contributed by atoms with Crippen LogP contribution in [0.4, 0.5) is 0 Å². The number of hydrogen-bond donors (Lipinski definition) is 1. The van der Waals surface area contributed by atoms with E-state index in [-0.39, 0.29) is 10.8 Å². The standard InChI is InChI=1S/C19H21B5N4O4/c20-18(21,22)19(23,24)32-12-3-4-25-16-14(12)28(17(29)27-16)9-1-2-11-10(7-9)15-13(8-26-11)30-5-6-31-15/h1-4,7-8H,5-6,20-24H2,(H,25,27,29). The number of hydrogen-bond acceptors (Lipinski definition) is 6. The Labute approximate surface area is 189 Å². The third-order valence-electron chi connectivity index (χ3n) is 6.33. The molecule has 3 aromatic heterocycles. The van der Waals surface area contributed by atoms with Crippen molar-refractivity contribution in [1.29, 1.82) is 0 Å². The highest BCUT2D eigenvalue weighted by molar-refractivity contribution is 6.66. The van der Waals surface area contributed by atoms with E-state index in [0.29, 0.717) is 47.3 Å². The molecule has 0 radical (unpaired) electrons. The average Bonchev–Trinajstić information content (AvgIpc) is 3.09. The van der Waals surface area contributed by atoms with Crippen molar-refractivity contribution in [3.05, 3.63) is 47.1 Å². The summed E-state index contributed by atoms with van der Waals surface area (Å²) in [7, 11) is 10.4. The molecule has 0 fully saturated rings. The lowest BCUT2D eigenvalue weighted by Crippen LogP contribution is -2.51. The minimum Gasteiger partial charge on any atom is -0.505 e. The second kappa shape index (κ2) is 7.15. The lowest BCUT2D eigenvalue weighted by Gasteiger charge is -2.40. The molecular formula is C19H21B5N4O4. The van der Waals surface area contributed by atoms with E-state index in [1.165, 1.54) is 0 Å². The van der Waals surface area contributed by atoms with Gasteiger partial charge in [-0.2, -0.15) is 0 Å². The van der Waals surface area contributed by atoms with Gasteiger partial charge in [0.2, 0.25) is 0 Å². The summed E-state index contributed by atoms with van der Waals surface area (Å²) in [5.41, 5.74) is 2.17. The third kappa shape index (κ3) is 3.27. The lowest BCUT2D eigenvalue weighted by atomic mass is 9.28. The zero-order valence-electron chi connectivity index (χ0n) is 18.9. The zero-order chi connectivity index (χ0) is 22.7. The van der Waals surface area contributed by atoms with Crippen LogP contribution in [0.1, 0.15) is 0 Å². The molecule has 32 heavy (non-hydrogen) atoms. The van der Waals surface area contributed by atoms with Crippen molar-refractivity contribution in [2.75, 3.05) is 13.2 Å². The van der Waals surface area contributed by atoms with E-state index < -0.39 is 5.40 Å². The Morgan fingerprint density at radius 3 is 2.62 bits per heavy atom. The fraction of sp³-hybridized carbons (Fsp3) is 0.211. The second-order valence-electron chi connectivity index (χ2n) is 9.48. The van der Waals surface area contributed by atoms with Crippen LogP contribution in [-0.2, 0) is 0 Å². The van der Waals surface area contributed by atoms with Crippen LogP contribution in [0.3, 0.4) is 0 Å². The van der Waals surface area contributed by atoms with Gasteiger partial charge in [0.15, 0.2) is 17.1 Å². The normalized spacial score (nSPS) is 14.0. The monoisotopic (exact) mass is 424 g/mol. The summed E-state index contributed by atoms with van der Waals surface area (Å²) in [6, 6.07) is 7.40. The number of nitrogens with one attached hydrogen (secondary N) is 1. The summed E-state index contributed by atoms with van der Waals surface area (Å²) in [4.78, 5) is 24.7. The molecule has 1 aromatic carbocycles. The Kier molecular flexibility index (Phi) is 4.62. The van der Waals surface area contributed by atoms with E-state index in [4.69, 9.17) is 14.2 Å². The van der Waals surface area contributed by atoms with Gasteiger partial charge in [0.05, 0.1) is 40.9 Å². The van der Waals surface area contributed by atoms with E-state index in [1.54, 1.807) is 23.0 Å². The topological polar surface area (TPSA) is 91.3 Å². The van der Waals surface area contributed by atoms with Gasteiger partial charge < -0.3 is 14.2 Å². The molecule has 0 atom stereocenters. The Hall–Kier alpha value is -3.23. The number of aromatic nitrogens is 4. The van der Waals surface area contributed by atoms with E-state index in [2.05, 4.69) is 38.5 Å². The highest BCUT2D eigenvalue weighted by Crippen LogP contribution is 2.38. The molecule has 1 N–H and O–H groups in total. The fourth-order valence-corrected chi connectivity index (χ4v) is 3.58. The molecule has 13 heteroatoms. The van der Waals surface area contributed by atoms with Crippen LogP contribution in [0, 0.1) is 0 Å². The van der Waals surface area contributed by atoms with Crippen molar-refractivity contribution < 1.29 is 14.2 Å². The maximum atomic E-state index is 13.0. The first-order valence-electron chi connectivity index (χ1n) is 10.6. The molecule has 0 amide bonds. The van der Waals surface area contributed by atoms with Crippen LogP contribution in [0.15, 0.2) is 41.5 Å². The summed E-state index contributed by atoms with van der Waals surface area (Å²) in [5.74, 6) is 1.82. The van der Waals surface area contributed by atoms with Crippen molar-refractivity contribution >= 4 is 61.3 Å². The molecule has 5 rings (SSSR count). The first kappa shape index (κ1) is 20.7. The van der Waals surface area contributed by atoms with E-state index in [9.17, 15) is 4.79 Å². The molecule has 4 heterocycles. The second-order valence-corrected chi connectivity index (χ2v) is 9.48. The molecule has 0 bridgehead atoms. The van der Waals surface area contributed by atoms with Crippen LogP contribution in [-0.4, -0.2) is 77.4 Å². The van der Waals surface area contributed by atoms with Crippen LogP contribution in [0.5, 0.6) is 17.2 Å². The highest BCUT2D eigenvalue weighted by Gasteiger charge is 2.35. The van der Waals surface area contributed by atoms with Gasteiger partial charge in [-0.05, 0) is 18.2 Å². The first-order chi connectivity index (χ1) is 15.2. The van der Waals surface area contributed by atoms with Gasteiger partial charge in [-0.1, -0.05) is 5.11 Å². The molecule has 4 aromatic rings. The highest BCUT2D eigenvalue weighted by atomic mass is 16.6. The van der Waals surface area contributed by atoms with Gasteiger partial charge in [0.25, 0.3) is 0 Å². The number of aromatic amines is 1. The van der Waals surface area contributed by atoms with Crippen LogP contribution < -0.4 is 19.9 Å². The number of imidazole rings is 1. The number of nitrogens with zero attached hydrogens (tertiary/aromatic N) is 3. The molecule has 156 valence electrons. The molecule has 1 aliphatic heterocycles. The number of H-pyrrole nitrogens is 1. The minimum absolute atomic E-state index is 0.130. The van der Waals surface area contributed by atoms with Crippen molar-refractivity contribution in [1.82, 2.24) is 19.5 Å². The molecular weight excluding hydrogens is 402 g/mol. The predicted octanol–water partition coefficient (Wildman–Crippen LogP) is -2.69. The molecule has 0 aliphatic carbocycles. The SMILES string of the molecule is BC(B)(B)C(B)(B)Oc1ccnc2[nH]c(=O)n(-c3ccc4ncc5c(c4c3)OCCO5)c12. The quantitative estimate of drug-likeness (QED) is 0.360. The summed E-state index contributed by atoms with van der Waals surface area (Å²) >= 11 is 0. The lowest BCUT2D eigenvalue weighted by molar-refractivity contribution is 0.173. The summed E-state index contributed by atoms with van der Waals surface area (Å²) in [6.45, 7) is 0.949. The van der Waals surface area contributed by atoms with Crippen LogP contribution >= 0.6 is 0 Å². The van der Waals surface area contributed by atoms with Crippen molar-refractivity contribution in [3.63, 3.8) is 0 Å². The molecule has 8 nitrogen and oxygen atoms in total. The van der Waals surface area contributed by atoms with Gasteiger partial charge in [-0.3, -0.25) is 14.5 Å². The summed E-state index contributed by atoms with van der Waals surface area (Å²) in [5, 5.41) is 0.161. The number of ether oxygens (including phenoxy) is 3. The van der Waals surface area contributed by atoms with Gasteiger partial charge in [0, 0.05) is 23.0 Å². The fourth-order valence-electron chi connectivity index (χ4n) is 3.58. The van der Waals surface area contributed by atoms with E-state index in [1.807, 2.05) is 33.9 Å². The van der Waals surface area contributed by atoms with Crippen molar-refractivity contribution in [2.24, 2.45) is 0 Å². The van der Waals surface area contributed by atoms with E-state index >= 15 is 0 Å². The van der Waals surface area contributed by atoms with Crippen molar-refractivity contribution in [2.45, 2.75) is 10.5 Å². The number of fused-ring (bicyclic) bond motifs is 4. The Morgan fingerprint density at radius 2 is 1.84 bits per heavy atom. The summed E-state index contributed by atoms with van der Waals surface area (Å²) in [6.07, 6.45) is 3.31. The molecule has 0 unspecified atom stereocenters. The molecule has 1 aliphatic rings. The average molecular weight is 423 g/mol. The maximum Gasteiger partial charge on any atom is 0.332 e. The van der Waals surface area contributed by atoms with Gasteiger partial charge >= 0.3 is 5.69 Å². The molecule has 0 saturated carbocycles. The predicted molar refractivity (Wildman–Crippen MR) is 137 cm³/mol. The van der Waals surface area contributed by atoms with Crippen LogP contribution in [0.25, 0.3) is 27.8 Å². The minimum atomic E-state index is -0.489. The number of pyridine rings is 2. The molecule has 0 spiro atoms. The van der Waals surface area contributed by atoms with Gasteiger partial charge in [-0.25, -0.2) is 9.78 Å². The zero-order valence-corrected chi connectivity index (χ0v) is 18.9. The van der Waals surface area contributed by atoms with Crippen LogP contribution in [0.2, 0.25) is 5.11 Å². The Balaban J connectivity index is 1.72. The molecule has 0 saturated heterocycles. The Morgan fingerprint density at radius 1 is 1.06 bits per heavy atom. The Bertz CT molecular complexity index is 1410. The first-order valence-corrected chi connectivity index (χ1v) is 10.6. The number of rotatable bonds is 4. The van der Waals surface area contributed by atoms with E-state index in [0.717, 1.165) is 10.9 Å². The van der Waals surface area contributed by atoms with Gasteiger partial charge in [-0.15, -0.1) is 0 Å². The van der Waals surface area contributed by atoms with Crippen molar-refractivity contribution in [3.8, 4) is 22.9 Å². The summed E-state index contributed by atoms with van der Waals surface area (Å²) < 4.78 is 19.6. The third-order valence-corrected chi connectivity index (χ3v) is 6.33. The maximum absolute atomic E-state index is 13.0. The number of benzene rings is 1. The largest absolute Gasteiger partial charge is 0.505 e. The van der Waals surface area contributed by atoms with Gasteiger partial charge in [0.1, 0.15) is 40.2 Å².